The third-order valence-corrected chi connectivity index (χ3v) is 5.15. The van der Waals surface area contributed by atoms with Gasteiger partial charge in [-0.1, -0.05) is 33.6 Å². The highest BCUT2D eigenvalue weighted by Gasteiger charge is 2.09. The van der Waals surface area contributed by atoms with Gasteiger partial charge in [0.15, 0.2) is 0 Å². The molecule has 0 aliphatic carbocycles. The van der Waals surface area contributed by atoms with Gasteiger partial charge in [-0.15, -0.1) is 0 Å². The zero-order valence-electron chi connectivity index (χ0n) is 18.9. The van der Waals surface area contributed by atoms with Crippen LogP contribution in [-0.2, 0) is 0 Å². The first-order valence-corrected chi connectivity index (χ1v) is 11.2. The Hall–Kier alpha value is -2.86. The van der Waals surface area contributed by atoms with Gasteiger partial charge in [0.05, 0.1) is 6.61 Å². The molecule has 2 N–H and O–H groups in total. The van der Waals surface area contributed by atoms with Gasteiger partial charge in [0, 0.05) is 29.9 Å². The largest absolute Gasteiger partial charge is 0.494 e. The number of carbonyl (C=O) groups excluding carboxylic acids is 2. The third kappa shape index (κ3) is 8.42. The summed E-state index contributed by atoms with van der Waals surface area (Å²) in [6, 6.07) is 14.0. The standard InChI is InChI=1S/C25H35N3O3/c1-4-7-8-19-31-23-15-11-21(12-16-23)25(30)27-22-13-9-20(10-14-22)24(29)26-17-18-28(5-2)6-3/h9-16H,4-8,17-19H2,1-3H3,(H,26,29)(H,27,30). The van der Waals surface area contributed by atoms with Crippen molar-refractivity contribution in [3.63, 3.8) is 0 Å². The van der Waals surface area contributed by atoms with Crippen LogP contribution in [0, 0.1) is 0 Å². The number of nitrogens with zero attached hydrogens (tertiary/aromatic N) is 1. The Morgan fingerprint density at radius 3 is 2.06 bits per heavy atom. The molecule has 2 rings (SSSR count). The maximum atomic E-state index is 12.5. The maximum absolute atomic E-state index is 12.5. The third-order valence-electron chi connectivity index (χ3n) is 5.15. The average molecular weight is 426 g/mol. The van der Waals surface area contributed by atoms with Crippen molar-refractivity contribution in [2.75, 3.05) is 38.1 Å². The fourth-order valence-corrected chi connectivity index (χ4v) is 3.12. The Bertz CT molecular complexity index is 800. The van der Waals surface area contributed by atoms with Crippen LogP contribution in [0.3, 0.4) is 0 Å². The molecule has 0 aliphatic heterocycles. The molecule has 168 valence electrons. The lowest BCUT2D eigenvalue weighted by atomic mass is 10.1. The monoisotopic (exact) mass is 425 g/mol. The molecule has 2 amide bonds. The second-order valence-electron chi connectivity index (χ2n) is 7.39. The van der Waals surface area contributed by atoms with Gasteiger partial charge >= 0.3 is 0 Å². The van der Waals surface area contributed by atoms with E-state index in [2.05, 4.69) is 36.3 Å². The first-order valence-electron chi connectivity index (χ1n) is 11.2. The molecule has 0 unspecified atom stereocenters. The van der Waals surface area contributed by atoms with E-state index in [1.54, 1.807) is 36.4 Å². The molecule has 6 nitrogen and oxygen atoms in total. The first-order chi connectivity index (χ1) is 15.1. The second kappa shape index (κ2) is 13.4. The van der Waals surface area contributed by atoms with E-state index in [1.165, 1.54) is 0 Å². The maximum Gasteiger partial charge on any atom is 0.255 e. The second-order valence-corrected chi connectivity index (χ2v) is 7.39. The summed E-state index contributed by atoms with van der Waals surface area (Å²) < 4.78 is 5.68. The van der Waals surface area contributed by atoms with Crippen molar-refractivity contribution < 1.29 is 14.3 Å². The van der Waals surface area contributed by atoms with Gasteiger partial charge in [-0.05, 0) is 68.0 Å². The minimum atomic E-state index is -0.200. The highest BCUT2D eigenvalue weighted by atomic mass is 16.5. The number of unbranched alkanes of at least 4 members (excludes halogenated alkanes) is 2. The number of hydrogen-bond acceptors (Lipinski definition) is 4. The van der Waals surface area contributed by atoms with Gasteiger partial charge in [-0.3, -0.25) is 9.59 Å². The van der Waals surface area contributed by atoms with E-state index in [-0.39, 0.29) is 11.8 Å². The summed E-state index contributed by atoms with van der Waals surface area (Å²) in [4.78, 5) is 27.0. The molecule has 0 radical (unpaired) electrons. The molecule has 0 aromatic heterocycles. The number of rotatable bonds is 13. The zero-order valence-corrected chi connectivity index (χ0v) is 18.9. The predicted molar refractivity (Wildman–Crippen MR) is 126 cm³/mol. The summed E-state index contributed by atoms with van der Waals surface area (Å²) in [5.41, 5.74) is 1.77. The molecule has 0 saturated heterocycles. The fraction of sp³-hybridized carbons (Fsp3) is 0.440. The molecule has 0 fully saturated rings. The van der Waals surface area contributed by atoms with Crippen LogP contribution in [0.4, 0.5) is 5.69 Å². The lowest BCUT2D eigenvalue weighted by molar-refractivity contribution is 0.0948. The molecule has 0 spiro atoms. The average Bonchev–Trinajstić information content (AvgIpc) is 2.80. The van der Waals surface area contributed by atoms with Crippen LogP contribution in [0.1, 0.15) is 60.7 Å². The van der Waals surface area contributed by atoms with Gasteiger partial charge < -0.3 is 20.3 Å². The van der Waals surface area contributed by atoms with Gasteiger partial charge in [0.1, 0.15) is 5.75 Å². The summed E-state index contributed by atoms with van der Waals surface area (Å²) in [6.07, 6.45) is 3.34. The molecule has 0 bridgehead atoms. The molecule has 31 heavy (non-hydrogen) atoms. The predicted octanol–water partition coefficient (Wildman–Crippen LogP) is 4.58. The SMILES string of the molecule is CCCCCOc1ccc(C(=O)Nc2ccc(C(=O)NCCN(CC)CC)cc2)cc1. The molecule has 0 heterocycles. The van der Waals surface area contributed by atoms with Crippen LogP contribution in [0.2, 0.25) is 0 Å². The number of carbonyl (C=O) groups is 2. The summed E-state index contributed by atoms with van der Waals surface area (Å²) in [6.45, 7) is 10.4. The minimum Gasteiger partial charge on any atom is -0.494 e. The van der Waals surface area contributed by atoms with Crippen molar-refractivity contribution in [1.29, 1.82) is 0 Å². The molecule has 0 atom stereocenters. The van der Waals surface area contributed by atoms with Crippen molar-refractivity contribution in [3.05, 3.63) is 59.7 Å². The van der Waals surface area contributed by atoms with Crippen molar-refractivity contribution in [1.82, 2.24) is 10.2 Å². The van der Waals surface area contributed by atoms with Crippen LogP contribution >= 0.6 is 0 Å². The quantitative estimate of drug-likeness (QED) is 0.461. The fourth-order valence-electron chi connectivity index (χ4n) is 3.12. The van der Waals surface area contributed by atoms with Crippen molar-refractivity contribution >= 4 is 17.5 Å². The summed E-state index contributed by atoms with van der Waals surface area (Å²) in [5, 5.41) is 5.79. The number of likely N-dealkylation sites (N-methyl/N-ethyl adjacent to an activating group) is 1. The van der Waals surface area contributed by atoms with E-state index >= 15 is 0 Å². The lowest BCUT2D eigenvalue weighted by Gasteiger charge is -2.18. The number of ether oxygens (including phenoxy) is 1. The Balaban J connectivity index is 1.82. The smallest absolute Gasteiger partial charge is 0.255 e. The van der Waals surface area contributed by atoms with Crippen molar-refractivity contribution in [2.24, 2.45) is 0 Å². The highest BCUT2D eigenvalue weighted by molar-refractivity contribution is 6.04. The van der Waals surface area contributed by atoms with Crippen molar-refractivity contribution in [2.45, 2.75) is 40.0 Å². The van der Waals surface area contributed by atoms with Crippen LogP contribution in [0.15, 0.2) is 48.5 Å². The molecular weight excluding hydrogens is 390 g/mol. The van der Waals surface area contributed by atoms with Crippen LogP contribution in [0.25, 0.3) is 0 Å². The van der Waals surface area contributed by atoms with Crippen LogP contribution in [0.5, 0.6) is 5.75 Å². The number of benzene rings is 2. The number of anilines is 1. The Morgan fingerprint density at radius 1 is 0.839 bits per heavy atom. The summed E-state index contributed by atoms with van der Waals surface area (Å²) >= 11 is 0. The lowest BCUT2D eigenvalue weighted by Crippen LogP contribution is -2.34. The first kappa shape index (κ1) is 24.4. The van der Waals surface area contributed by atoms with Gasteiger partial charge in [0.2, 0.25) is 0 Å². The van der Waals surface area contributed by atoms with Crippen LogP contribution in [-0.4, -0.2) is 49.5 Å². The number of nitrogens with one attached hydrogen (secondary N) is 2. The topological polar surface area (TPSA) is 70.7 Å². The normalized spacial score (nSPS) is 10.7. The van der Waals surface area contributed by atoms with E-state index in [0.717, 1.165) is 44.6 Å². The van der Waals surface area contributed by atoms with Gasteiger partial charge in [-0.2, -0.15) is 0 Å². The molecule has 6 heteroatoms. The molecular formula is C25H35N3O3. The van der Waals surface area contributed by atoms with E-state index in [0.29, 0.717) is 30.0 Å². The van der Waals surface area contributed by atoms with E-state index in [4.69, 9.17) is 4.74 Å². The van der Waals surface area contributed by atoms with E-state index in [1.807, 2.05) is 12.1 Å². The zero-order chi connectivity index (χ0) is 22.5. The molecule has 0 saturated carbocycles. The molecule has 2 aromatic carbocycles. The van der Waals surface area contributed by atoms with E-state index < -0.39 is 0 Å². The Morgan fingerprint density at radius 2 is 1.45 bits per heavy atom. The van der Waals surface area contributed by atoms with Gasteiger partial charge in [0.25, 0.3) is 11.8 Å². The summed E-state index contributed by atoms with van der Waals surface area (Å²) in [7, 11) is 0. The minimum absolute atomic E-state index is 0.112. The highest BCUT2D eigenvalue weighted by Crippen LogP contribution is 2.15. The molecule has 2 aromatic rings. The van der Waals surface area contributed by atoms with Gasteiger partial charge in [-0.25, -0.2) is 0 Å². The van der Waals surface area contributed by atoms with E-state index in [9.17, 15) is 9.59 Å². The van der Waals surface area contributed by atoms with Crippen LogP contribution < -0.4 is 15.4 Å². The Labute approximate surface area is 186 Å². The molecule has 0 aliphatic rings. The number of amides is 2. The van der Waals surface area contributed by atoms with Crippen molar-refractivity contribution in [3.8, 4) is 5.75 Å². The summed E-state index contributed by atoms with van der Waals surface area (Å²) in [5.74, 6) is 0.456. The Kier molecular flexibility index (Phi) is 10.6. The number of hydrogen-bond donors (Lipinski definition) is 2.